The first-order chi connectivity index (χ1) is 16.9. The van der Waals surface area contributed by atoms with E-state index in [-0.39, 0.29) is 19.2 Å². The molecular formula is C25H40N2O8. The highest BCUT2D eigenvalue weighted by atomic mass is 16.6. The third kappa shape index (κ3) is 11.5. The van der Waals surface area contributed by atoms with E-state index in [1.54, 1.807) is 0 Å². The normalized spacial score (nSPS) is 22.2. The van der Waals surface area contributed by atoms with Crippen molar-refractivity contribution in [2.45, 2.75) is 58.3 Å². The van der Waals surface area contributed by atoms with Crippen LogP contribution in [0.5, 0.6) is 0 Å². The summed E-state index contributed by atoms with van der Waals surface area (Å²) in [6.45, 7) is 7.16. The lowest BCUT2D eigenvalue weighted by Gasteiger charge is -2.28. The summed E-state index contributed by atoms with van der Waals surface area (Å²) in [6.07, 6.45) is 7.24. The molecule has 0 aromatic heterocycles. The van der Waals surface area contributed by atoms with Crippen LogP contribution in [0.25, 0.3) is 0 Å². The Bertz CT molecular complexity index is 714. The zero-order valence-corrected chi connectivity index (χ0v) is 20.8. The Balaban J connectivity index is 1.45. The van der Waals surface area contributed by atoms with Crippen LogP contribution in [-0.4, -0.2) is 63.6 Å². The second-order valence-electron chi connectivity index (χ2n) is 9.24. The number of carbonyl (C=O) groups is 4. The Morgan fingerprint density at radius 1 is 0.771 bits per heavy atom. The number of hydrogen-bond acceptors (Lipinski definition) is 8. The minimum atomic E-state index is -0.449. The van der Waals surface area contributed by atoms with Crippen molar-refractivity contribution in [1.82, 2.24) is 10.6 Å². The molecule has 2 N–H and O–H groups in total. The summed E-state index contributed by atoms with van der Waals surface area (Å²) in [6, 6.07) is 0. The average molecular weight is 497 g/mol. The molecule has 0 radical (unpaired) electrons. The molecule has 10 nitrogen and oxygen atoms in total. The fourth-order valence-electron chi connectivity index (χ4n) is 4.98. The molecule has 2 rings (SSSR count). The minimum absolute atomic E-state index is 0.288. The van der Waals surface area contributed by atoms with Gasteiger partial charge in [-0.3, -0.25) is 4.79 Å². The van der Waals surface area contributed by atoms with E-state index >= 15 is 0 Å². The van der Waals surface area contributed by atoms with Gasteiger partial charge in [0.25, 0.3) is 0 Å². The van der Waals surface area contributed by atoms with E-state index in [2.05, 4.69) is 17.2 Å². The molecule has 10 heteroatoms. The van der Waals surface area contributed by atoms with Crippen molar-refractivity contribution in [3.8, 4) is 0 Å². The highest BCUT2D eigenvalue weighted by Crippen LogP contribution is 2.52. The summed E-state index contributed by atoms with van der Waals surface area (Å²) < 4.78 is 20.0. The van der Waals surface area contributed by atoms with E-state index < -0.39 is 18.2 Å². The SMILES string of the molecule is C=CC(=O)OCCCCOC(=O)NCCC1CC2CC1CC2CNC(=O)OCCCCOC(C)=O. The van der Waals surface area contributed by atoms with Crippen LogP contribution in [-0.2, 0) is 28.5 Å². The van der Waals surface area contributed by atoms with E-state index in [9.17, 15) is 19.2 Å². The third-order valence-corrected chi connectivity index (χ3v) is 6.70. The number of hydrogen-bond donors (Lipinski definition) is 2. The first-order valence-electron chi connectivity index (χ1n) is 12.6. The van der Waals surface area contributed by atoms with Gasteiger partial charge in [0.15, 0.2) is 0 Å². The molecule has 0 aromatic rings. The van der Waals surface area contributed by atoms with Crippen LogP contribution < -0.4 is 10.6 Å². The smallest absolute Gasteiger partial charge is 0.407 e. The van der Waals surface area contributed by atoms with Gasteiger partial charge in [0.2, 0.25) is 0 Å². The standard InChI is InChI=1S/C25H40N2O8/c1-3-23(29)33-11-5-7-12-34-24(30)26-9-8-19-14-21-15-20(19)16-22(21)17-27-25(31)35-13-6-4-10-32-18(2)28/h3,19-22H,1,4-17H2,2H3,(H,26,30)(H,27,31). The number of carbonyl (C=O) groups excluding carboxylic acids is 4. The highest BCUT2D eigenvalue weighted by molar-refractivity contribution is 5.81. The van der Waals surface area contributed by atoms with Crippen molar-refractivity contribution in [1.29, 1.82) is 0 Å². The molecule has 0 aliphatic heterocycles. The molecular weight excluding hydrogens is 456 g/mol. The number of fused-ring (bicyclic) bond motifs is 2. The number of alkyl carbamates (subject to hydrolysis) is 2. The average Bonchev–Trinajstić information content (AvgIpc) is 3.42. The van der Waals surface area contributed by atoms with Crippen molar-refractivity contribution in [2.24, 2.45) is 23.7 Å². The number of unbranched alkanes of at least 4 members (excludes halogenated alkanes) is 2. The Labute approximate surface area is 207 Å². The maximum absolute atomic E-state index is 11.9. The van der Waals surface area contributed by atoms with Crippen LogP contribution in [0.4, 0.5) is 9.59 Å². The molecule has 2 aliphatic rings. The fraction of sp³-hybridized carbons (Fsp3) is 0.760. The number of ether oxygens (including phenoxy) is 4. The van der Waals surface area contributed by atoms with Crippen molar-refractivity contribution < 1.29 is 38.1 Å². The lowest BCUT2D eigenvalue weighted by Crippen LogP contribution is -2.34. The van der Waals surface area contributed by atoms with Crippen molar-refractivity contribution in [3.05, 3.63) is 12.7 Å². The van der Waals surface area contributed by atoms with Crippen LogP contribution in [0.15, 0.2) is 12.7 Å². The Morgan fingerprint density at radius 3 is 1.89 bits per heavy atom. The Kier molecular flexibility index (Phi) is 13.0. The van der Waals surface area contributed by atoms with Gasteiger partial charge in [-0.25, -0.2) is 14.4 Å². The molecule has 0 spiro atoms. The summed E-state index contributed by atoms with van der Waals surface area (Å²) >= 11 is 0. The molecule has 4 atom stereocenters. The van der Waals surface area contributed by atoms with E-state index in [1.807, 2.05) is 0 Å². The molecule has 35 heavy (non-hydrogen) atoms. The summed E-state index contributed by atoms with van der Waals surface area (Å²) in [5.74, 6) is 1.58. The molecule has 2 amide bonds. The van der Waals surface area contributed by atoms with Gasteiger partial charge in [-0.1, -0.05) is 6.58 Å². The molecule has 2 saturated carbocycles. The monoisotopic (exact) mass is 496 g/mol. The third-order valence-electron chi connectivity index (χ3n) is 6.70. The molecule has 198 valence electrons. The summed E-state index contributed by atoms with van der Waals surface area (Å²) in [5.41, 5.74) is 0. The maximum atomic E-state index is 11.9. The number of esters is 2. The number of amides is 2. The van der Waals surface area contributed by atoms with Crippen molar-refractivity contribution in [2.75, 3.05) is 39.5 Å². The molecule has 0 saturated heterocycles. The van der Waals surface area contributed by atoms with Crippen LogP contribution in [0, 0.1) is 23.7 Å². The lowest BCUT2D eigenvalue weighted by molar-refractivity contribution is -0.141. The summed E-state index contributed by atoms with van der Waals surface area (Å²) in [5, 5.41) is 5.70. The van der Waals surface area contributed by atoms with Gasteiger partial charge < -0.3 is 29.6 Å². The number of rotatable bonds is 16. The molecule has 4 unspecified atom stereocenters. The van der Waals surface area contributed by atoms with Gasteiger partial charge >= 0.3 is 24.1 Å². The molecule has 0 heterocycles. The molecule has 2 bridgehead atoms. The first-order valence-corrected chi connectivity index (χ1v) is 12.6. The topological polar surface area (TPSA) is 129 Å². The van der Waals surface area contributed by atoms with Crippen molar-refractivity contribution in [3.63, 3.8) is 0 Å². The van der Waals surface area contributed by atoms with E-state index in [4.69, 9.17) is 18.9 Å². The van der Waals surface area contributed by atoms with E-state index in [1.165, 1.54) is 13.3 Å². The lowest BCUT2D eigenvalue weighted by atomic mass is 9.80. The minimum Gasteiger partial charge on any atom is -0.466 e. The zero-order valence-electron chi connectivity index (χ0n) is 20.8. The summed E-state index contributed by atoms with van der Waals surface area (Å²) in [4.78, 5) is 45.3. The van der Waals surface area contributed by atoms with Crippen LogP contribution in [0.3, 0.4) is 0 Å². The van der Waals surface area contributed by atoms with Crippen LogP contribution in [0.1, 0.15) is 58.3 Å². The Hall–Kier alpha value is -2.78. The number of nitrogens with one attached hydrogen (secondary N) is 2. The van der Waals surface area contributed by atoms with Crippen LogP contribution in [0.2, 0.25) is 0 Å². The zero-order chi connectivity index (χ0) is 25.5. The maximum Gasteiger partial charge on any atom is 0.407 e. The summed E-state index contributed by atoms with van der Waals surface area (Å²) in [7, 11) is 0. The highest BCUT2D eigenvalue weighted by Gasteiger charge is 2.45. The van der Waals surface area contributed by atoms with Gasteiger partial charge in [0.1, 0.15) is 0 Å². The predicted molar refractivity (Wildman–Crippen MR) is 127 cm³/mol. The quantitative estimate of drug-likeness (QED) is 0.144. The van der Waals surface area contributed by atoms with E-state index in [0.717, 1.165) is 25.3 Å². The van der Waals surface area contributed by atoms with Gasteiger partial charge in [-0.15, -0.1) is 0 Å². The predicted octanol–water partition coefficient (Wildman–Crippen LogP) is 3.34. The molecule has 2 fully saturated rings. The molecule has 2 aliphatic carbocycles. The fourth-order valence-corrected chi connectivity index (χ4v) is 4.98. The largest absolute Gasteiger partial charge is 0.466 e. The van der Waals surface area contributed by atoms with Gasteiger partial charge in [-0.05, 0) is 75.0 Å². The van der Waals surface area contributed by atoms with Gasteiger partial charge in [0.05, 0.1) is 26.4 Å². The second kappa shape index (κ2) is 16.0. The van der Waals surface area contributed by atoms with Gasteiger partial charge in [-0.2, -0.15) is 0 Å². The second-order valence-corrected chi connectivity index (χ2v) is 9.24. The Morgan fingerprint density at radius 2 is 1.31 bits per heavy atom. The van der Waals surface area contributed by atoms with Crippen LogP contribution >= 0.6 is 0 Å². The van der Waals surface area contributed by atoms with E-state index in [0.29, 0.717) is 75.7 Å². The molecule has 0 aromatic carbocycles. The first kappa shape index (κ1) is 28.5. The van der Waals surface area contributed by atoms with Crippen molar-refractivity contribution >= 4 is 24.1 Å². The van der Waals surface area contributed by atoms with Gasteiger partial charge in [0, 0.05) is 26.1 Å².